The molecule has 18 heavy (non-hydrogen) atoms. The van der Waals surface area contributed by atoms with Gasteiger partial charge in [0.15, 0.2) is 0 Å². The molecule has 1 saturated carbocycles. The molecule has 2 heterocycles. The van der Waals surface area contributed by atoms with Crippen molar-refractivity contribution in [1.82, 2.24) is 4.90 Å². The first-order valence-electron chi connectivity index (χ1n) is 7.58. The predicted octanol–water partition coefficient (Wildman–Crippen LogP) is 1.14. The van der Waals surface area contributed by atoms with Crippen LogP contribution in [0.1, 0.15) is 38.5 Å². The number of morpholine rings is 1. The first-order valence-corrected chi connectivity index (χ1v) is 7.58. The summed E-state index contributed by atoms with van der Waals surface area (Å²) in [5.41, 5.74) is 5.68. The van der Waals surface area contributed by atoms with Gasteiger partial charge in [-0.3, -0.25) is 4.90 Å². The van der Waals surface area contributed by atoms with E-state index in [1.807, 2.05) is 0 Å². The highest BCUT2D eigenvalue weighted by Crippen LogP contribution is 2.30. The number of ether oxygens (including phenoxy) is 2. The second kappa shape index (κ2) is 5.87. The smallest absolute Gasteiger partial charge is 0.0730 e. The van der Waals surface area contributed by atoms with Crippen LogP contribution in [-0.2, 0) is 9.47 Å². The Morgan fingerprint density at radius 2 is 1.89 bits per heavy atom. The number of rotatable bonds is 3. The van der Waals surface area contributed by atoms with Gasteiger partial charge in [0.1, 0.15) is 0 Å². The highest BCUT2D eigenvalue weighted by Gasteiger charge is 2.36. The molecule has 0 amide bonds. The Morgan fingerprint density at radius 1 is 1.06 bits per heavy atom. The molecule has 0 aromatic carbocycles. The van der Waals surface area contributed by atoms with Crippen molar-refractivity contribution in [2.45, 2.75) is 62.9 Å². The lowest BCUT2D eigenvalue weighted by Crippen LogP contribution is -2.54. The minimum absolute atomic E-state index is 0.304. The molecule has 2 aliphatic heterocycles. The molecule has 2 N–H and O–H groups in total. The Hall–Kier alpha value is -0.160. The van der Waals surface area contributed by atoms with Gasteiger partial charge in [-0.05, 0) is 25.7 Å². The molecular formula is C14H26N2O2. The minimum Gasteiger partial charge on any atom is -0.375 e. The van der Waals surface area contributed by atoms with Crippen LogP contribution in [0.5, 0.6) is 0 Å². The molecular weight excluding hydrogens is 228 g/mol. The number of hydrogen-bond donors (Lipinski definition) is 1. The molecule has 3 fully saturated rings. The molecule has 4 heteroatoms. The third-order valence-electron chi connectivity index (χ3n) is 4.74. The van der Waals surface area contributed by atoms with Crippen molar-refractivity contribution in [1.29, 1.82) is 0 Å². The molecule has 0 aromatic rings. The summed E-state index contributed by atoms with van der Waals surface area (Å²) < 4.78 is 11.9. The molecule has 3 aliphatic rings. The summed E-state index contributed by atoms with van der Waals surface area (Å²) in [4.78, 5) is 2.62. The molecule has 104 valence electrons. The summed E-state index contributed by atoms with van der Waals surface area (Å²) >= 11 is 0. The largest absolute Gasteiger partial charge is 0.375 e. The second-order valence-corrected chi connectivity index (χ2v) is 5.95. The van der Waals surface area contributed by atoms with Gasteiger partial charge in [0.2, 0.25) is 0 Å². The Morgan fingerprint density at radius 3 is 2.72 bits per heavy atom. The van der Waals surface area contributed by atoms with Gasteiger partial charge in [0.25, 0.3) is 0 Å². The second-order valence-electron chi connectivity index (χ2n) is 5.95. The van der Waals surface area contributed by atoms with E-state index in [2.05, 4.69) is 4.90 Å². The van der Waals surface area contributed by atoms with Crippen LogP contribution in [0.3, 0.4) is 0 Å². The minimum atomic E-state index is 0.304. The predicted molar refractivity (Wildman–Crippen MR) is 70.5 cm³/mol. The highest BCUT2D eigenvalue weighted by molar-refractivity contribution is 4.89. The van der Waals surface area contributed by atoms with Gasteiger partial charge in [-0.1, -0.05) is 12.8 Å². The van der Waals surface area contributed by atoms with Crippen LogP contribution >= 0.6 is 0 Å². The van der Waals surface area contributed by atoms with Crippen molar-refractivity contribution in [2.75, 3.05) is 26.2 Å². The summed E-state index contributed by atoms with van der Waals surface area (Å²) in [5.74, 6) is 0. The van der Waals surface area contributed by atoms with Gasteiger partial charge < -0.3 is 15.2 Å². The van der Waals surface area contributed by atoms with Crippen molar-refractivity contribution < 1.29 is 9.47 Å². The van der Waals surface area contributed by atoms with E-state index >= 15 is 0 Å². The Labute approximate surface area is 110 Å². The Balaban J connectivity index is 1.55. The maximum atomic E-state index is 5.99. The van der Waals surface area contributed by atoms with Crippen LogP contribution in [0.2, 0.25) is 0 Å². The standard InChI is InChI=1S/C14H26N2O2/c15-9-11-5-6-12(18-11)10-16-7-8-17-14-4-2-1-3-13(14)16/h11-14H,1-10,15H2. The van der Waals surface area contributed by atoms with Crippen molar-refractivity contribution >= 4 is 0 Å². The van der Waals surface area contributed by atoms with E-state index in [4.69, 9.17) is 15.2 Å². The van der Waals surface area contributed by atoms with Gasteiger partial charge in [-0.2, -0.15) is 0 Å². The normalized spacial score (nSPS) is 41.8. The average molecular weight is 254 g/mol. The fourth-order valence-corrected chi connectivity index (χ4v) is 3.75. The van der Waals surface area contributed by atoms with Crippen molar-refractivity contribution in [3.8, 4) is 0 Å². The van der Waals surface area contributed by atoms with Crippen LogP contribution in [0.25, 0.3) is 0 Å². The van der Waals surface area contributed by atoms with Gasteiger partial charge in [-0.15, -0.1) is 0 Å². The number of hydrogen-bond acceptors (Lipinski definition) is 4. The maximum Gasteiger partial charge on any atom is 0.0730 e. The summed E-state index contributed by atoms with van der Waals surface area (Å²) in [6.07, 6.45) is 8.76. The third-order valence-corrected chi connectivity index (χ3v) is 4.74. The molecule has 3 rings (SSSR count). The first-order chi connectivity index (χ1) is 8.86. The summed E-state index contributed by atoms with van der Waals surface area (Å²) in [5, 5.41) is 0. The lowest BCUT2D eigenvalue weighted by molar-refractivity contribution is -0.101. The van der Waals surface area contributed by atoms with E-state index in [9.17, 15) is 0 Å². The zero-order valence-electron chi connectivity index (χ0n) is 11.2. The lowest BCUT2D eigenvalue weighted by Gasteiger charge is -2.44. The average Bonchev–Trinajstić information content (AvgIpc) is 2.87. The van der Waals surface area contributed by atoms with Crippen LogP contribution in [0.15, 0.2) is 0 Å². The van der Waals surface area contributed by atoms with Crippen LogP contribution in [0.4, 0.5) is 0 Å². The fourth-order valence-electron chi connectivity index (χ4n) is 3.75. The topological polar surface area (TPSA) is 47.7 Å². The quantitative estimate of drug-likeness (QED) is 0.820. The van der Waals surface area contributed by atoms with E-state index in [1.165, 1.54) is 32.1 Å². The van der Waals surface area contributed by atoms with Crippen LogP contribution in [-0.4, -0.2) is 55.5 Å². The molecule has 1 aliphatic carbocycles. The molecule has 0 bridgehead atoms. The van der Waals surface area contributed by atoms with Gasteiger partial charge in [0.05, 0.1) is 24.9 Å². The number of fused-ring (bicyclic) bond motifs is 1. The van der Waals surface area contributed by atoms with Gasteiger partial charge >= 0.3 is 0 Å². The van der Waals surface area contributed by atoms with E-state index in [0.717, 1.165) is 26.1 Å². The molecule has 0 spiro atoms. The molecule has 4 unspecified atom stereocenters. The molecule has 0 radical (unpaired) electrons. The van der Waals surface area contributed by atoms with E-state index in [-0.39, 0.29) is 0 Å². The Bertz CT molecular complexity index is 273. The van der Waals surface area contributed by atoms with E-state index < -0.39 is 0 Å². The zero-order chi connectivity index (χ0) is 12.4. The van der Waals surface area contributed by atoms with Crippen LogP contribution in [0, 0.1) is 0 Å². The molecule has 4 nitrogen and oxygen atoms in total. The third kappa shape index (κ3) is 2.72. The molecule has 4 atom stereocenters. The summed E-state index contributed by atoms with van der Waals surface area (Å²) in [7, 11) is 0. The van der Waals surface area contributed by atoms with Crippen molar-refractivity contribution in [3.63, 3.8) is 0 Å². The maximum absolute atomic E-state index is 5.99. The first kappa shape index (κ1) is 12.9. The fraction of sp³-hybridized carbons (Fsp3) is 1.00. The highest BCUT2D eigenvalue weighted by atomic mass is 16.5. The van der Waals surface area contributed by atoms with Crippen molar-refractivity contribution in [2.24, 2.45) is 5.73 Å². The SMILES string of the molecule is NCC1CCC(CN2CCOC3CCCCC32)O1. The monoisotopic (exact) mass is 254 g/mol. The van der Waals surface area contributed by atoms with Gasteiger partial charge in [-0.25, -0.2) is 0 Å². The molecule has 0 aromatic heterocycles. The van der Waals surface area contributed by atoms with E-state index in [1.54, 1.807) is 0 Å². The van der Waals surface area contributed by atoms with E-state index in [0.29, 0.717) is 30.9 Å². The van der Waals surface area contributed by atoms with Gasteiger partial charge in [0, 0.05) is 25.7 Å². The molecule has 2 saturated heterocycles. The number of nitrogens with zero attached hydrogens (tertiary/aromatic N) is 1. The van der Waals surface area contributed by atoms with Crippen LogP contribution < -0.4 is 5.73 Å². The zero-order valence-corrected chi connectivity index (χ0v) is 11.2. The Kier molecular flexibility index (Phi) is 4.19. The summed E-state index contributed by atoms with van der Waals surface area (Å²) in [6.45, 7) is 3.73. The lowest BCUT2D eigenvalue weighted by atomic mass is 9.90. The summed E-state index contributed by atoms with van der Waals surface area (Å²) in [6, 6.07) is 0.646. The van der Waals surface area contributed by atoms with Crippen molar-refractivity contribution in [3.05, 3.63) is 0 Å². The number of nitrogens with two attached hydrogens (primary N) is 1.